The lowest BCUT2D eigenvalue weighted by molar-refractivity contribution is 0.217. The second kappa shape index (κ2) is 9.03. The molecule has 0 unspecified atom stereocenters. The van der Waals surface area contributed by atoms with Gasteiger partial charge in [0, 0.05) is 30.7 Å². The van der Waals surface area contributed by atoms with Gasteiger partial charge < -0.3 is 20.6 Å². The molecule has 4 aromatic rings. The van der Waals surface area contributed by atoms with Crippen LogP contribution in [0.3, 0.4) is 0 Å². The summed E-state index contributed by atoms with van der Waals surface area (Å²) in [6, 6.07) is 11.6. The number of benzene rings is 2. The molecule has 0 bridgehead atoms. The van der Waals surface area contributed by atoms with Gasteiger partial charge in [0.1, 0.15) is 17.1 Å². The van der Waals surface area contributed by atoms with Crippen LogP contribution in [-0.4, -0.2) is 39.3 Å². The van der Waals surface area contributed by atoms with Crippen molar-refractivity contribution in [3.8, 4) is 5.75 Å². The molecule has 0 saturated carbocycles. The van der Waals surface area contributed by atoms with Crippen LogP contribution in [0.15, 0.2) is 52.1 Å². The molecule has 0 atom stereocenters. The smallest absolute Gasteiger partial charge is 0.323 e. The van der Waals surface area contributed by atoms with Gasteiger partial charge in [0.25, 0.3) is 10.9 Å². The van der Waals surface area contributed by atoms with Crippen molar-refractivity contribution in [1.29, 1.82) is 0 Å². The topological polar surface area (TPSA) is 139 Å². The Morgan fingerprint density at radius 2 is 1.82 bits per heavy atom. The van der Waals surface area contributed by atoms with Gasteiger partial charge in [-0.1, -0.05) is 12.1 Å². The average molecular weight is 448 g/mol. The molecule has 5 N–H and O–H groups in total. The largest absolute Gasteiger partial charge is 0.508 e. The highest BCUT2D eigenvalue weighted by Crippen LogP contribution is 2.28. The fourth-order valence-corrected chi connectivity index (χ4v) is 3.56. The quantitative estimate of drug-likeness (QED) is 0.261. The Morgan fingerprint density at radius 3 is 2.55 bits per heavy atom. The first kappa shape index (κ1) is 21.9. The maximum Gasteiger partial charge on any atom is 0.323 e. The first-order valence-corrected chi connectivity index (χ1v) is 10.6. The second-order valence-electron chi connectivity index (χ2n) is 7.49. The summed E-state index contributed by atoms with van der Waals surface area (Å²) in [5, 5.41) is 26.0. The average Bonchev–Trinajstić information content (AvgIpc) is 3.21. The van der Waals surface area contributed by atoms with Crippen molar-refractivity contribution in [3.05, 3.63) is 68.5 Å². The number of nitrogens with zero attached hydrogens (tertiary/aromatic N) is 2. The maximum absolute atomic E-state index is 12.4. The summed E-state index contributed by atoms with van der Waals surface area (Å²) < 4.78 is 0. The number of hydrogen-bond donors (Lipinski definition) is 5. The molecule has 0 aliphatic rings. The van der Waals surface area contributed by atoms with Gasteiger partial charge >= 0.3 is 6.03 Å². The number of H-pyrrole nitrogens is 1. The highest BCUT2D eigenvalue weighted by atomic mass is 16.3. The van der Waals surface area contributed by atoms with Crippen molar-refractivity contribution in [3.63, 3.8) is 0 Å². The van der Waals surface area contributed by atoms with E-state index in [1.807, 2.05) is 13.8 Å². The number of anilines is 4. The standard InChI is InChI=1S/C23H24N6O4/c1-3-29(4-2)23(33)26-22-16-11-14(8-9-17(16)27-28-22)25-19-18(20(31)21(19)32)24-12-13-6-5-7-15(30)10-13/h5-11,24-25,30H,3-4,12H2,1-2H3,(H2,26,27,28,33). The summed E-state index contributed by atoms with van der Waals surface area (Å²) in [5.41, 5.74) is 1.17. The molecular formula is C23H24N6O4. The van der Waals surface area contributed by atoms with E-state index >= 15 is 0 Å². The number of carbonyl (C=O) groups is 1. The Bertz CT molecular complexity index is 1380. The van der Waals surface area contributed by atoms with Crippen molar-refractivity contribution in [2.75, 3.05) is 29.0 Å². The molecule has 0 aliphatic carbocycles. The van der Waals surface area contributed by atoms with Gasteiger partial charge in [-0.25, -0.2) is 4.79 Å². The van der Waals surface area contributed by atoms with Crippen molar-refractivity contribution in [2.24, 2.45) is 0 Å². The summed E-state index contributed by atoms with van der Waals surface area (Å²) in [4.78, 5) is 38.3. The fourth-order valence-electron chi connectivity index (χ4n) is 3.56. The molecule has 0 radical (unpaired) electrons. The minimum atomic E-state index is -0.615. The molecule has 2 amide bonds. The number of urea groups is 1. The number of carbonyl (C=O) groups excluding carboxylic acids is 1. The second-order valence-corrected chi connectivity index (χ2v) is 7.49. The molecule has 10 heteroatoms. The number of aromatic amines is 1. The van der Waals surface area contributed by atoms with Crippen LogP contribution in [-0.2, 0) is 6.54 Å². The van der Waals surface area contributed by atoms with Crippen LogP contribution < -0.4 is 26.8 Å². The van der Waals surface area contributed by atoms with E-state index < -0.39 is 10.9 Å². The summed E-state index contributed by atoms with van der Waals surface area (Å²) in [6.07, 6.45) is 0. The molecule has 33 heavy (non-hydrogen) atoms. The fraction of sp³-hybridized carbons (Fsp3) is 0.217. The molecule has 0 fully saturated rings. The van der Waals surface area contributed by atoms with Crippen LogP contribution in [0.1, 0.15) is 19.4 Å². The Hall–Kier alpha value is -4.34. The summed E-state index contributed by atoms with van der Waals surface area (Å²) in [7, 11) is 0. The highest BCUT2D eigenvalue weighted by molar-refractivity contribution is 6.00. The number of nitrogens with one attached hydrogen (secondary N) is 4. The van der Waals surface area contributed by atoms with E-state index in [0.29, 0.717) is 35.5 Å². The predicted octanol–water partition coefficient (Wildman–Crippen LogP) is 3.09. The Labute approximate surface area is 188 Å². The van der Waals surface area contributed by atoms with Gasteiger partial charge in [-0.05, 0) is 49.7 Å². The van der Waals surface area contributed by atoms with Crippen LogP contribution in [0.2, 0.25) is 0 Å². The zero-order valence-electron chi connectivity index (χ0n) is 18.2. The van der Waals surface area contributed by atoms with Gasteiger partial charge in [-0.2, -0.15) is 5.10 Å². The van der Waals surface area contributed by atoms with Crippen LogP contribution in [0, 0.1) is 0 Å². The van der Waals surface area contributed by atoms with Gasteiger partial charge in [0.05, 0.1) is 5.52 Å². The molecule has 3 aromatic carbocycles. The number of rotatable bonds is 8. The minimum absolute atomic E-state index is 0.120. The molecule has 10 nitrogen and oxygen atoms in total. The molecule has 0 aliphatic heterocycles. The predicted molar refractivity (Wildman–Crippen MR) is 128 cm³/mol. The van der Waals surface area contributed by atoms with Gasteiger partial charge in [-0.15, -0.1) is 0 Å². The number of phenolic OH excluding ortho intramolecular Hbond substituents is 1. The van der Waals surface area contributed by atoms with Crippen molar-refractivity contribution >= 4 is 39.8 Å². The lowest BCUT2D eigenvalue weighted by Crippen LogP contribution is -2.36. The molecule has 0 spiro atoms. The number of hydrogen-bond acceptors (Lipinski definition) is 7. The Morgan fingerprint density at radius 1 is 1.06 bits per heavy atom. The zero-order chi connectivity index (χ0) is 23.5. The molecule has 0 saturated heterocycles. The van der Waals surface area contributed by atoms with Crippen LogP contribution in [0.5, 0.6) is 5.75 Å². The lowest BCUT2D eigenvalue weighted by atomic mass is 10.1. The van der Waals surface area contributed by atoms with E-state index in [0.717, 1.165) is 5.56 Å². The molecule has 1 heterocycles. The van der Waals surface area contributed by atoms with E-state index in [1.165, 1.54) is 0 Å². The normalized spacial score (nSPS) is 11.0. The van der Waals surface area contributed by atoms with Gasteiger partial charge in [0.2, 0.25) is 0 Å². The molecule has 4 rings (SSSR count). The first-order chi connectivity index (χ1) is 15.9. The third kappa shape index (κ3) is 4.36. The molecule has 1 aromatic heterocycles. The summed E-state index contributed by atoms with van der Waals surface area (Å²) >= 11 is 0. The van der Waals surface area contributed by atoms with Crippen LogP contribution in [0.25, 0.3) is 10.9 Å². The van der Waals surface area contributed by atoms with Crippen LogP contribution >= 0.6 is 0 Å². The summed E-state index contributed by atoms with van der Waals surface area (Å²) in [6.45, 7) is 5.20. The molecule has 170 valence electrons. The number of aromatic nitrogens is 2. The van der Waals surface area contributed by atoms with E-state index in [-0.39, 0.29) is 29.7 Å². The third-order valence-electron chi connectivity index (χ3n) is 5.40. The van der Waals surface area contributed by atoms with E-state index in [9.17, 15) is 19.5 Å². The number of phenols is 1. The van der Waals surface area contributed by atoms with E-state index in [4.69, 9.17) is 0 Å². The summed E-state index contributed by atoms with van der Waals surface area (Å²) in [5.74, 6) is 0.493. The lowest BCUT2D eigenvalue weighted by Gasteiger charge is -2.18. The van der Waals surface area contributed by atoms with Crippen LogP contribution in [0.4, 0.5) is 27.7 Å². The maximum atomic E-state index is 12.4. The number of aromatic hydroxyl groups is 1. The zero-order valence-corrected chi connectivity index (χ0v) is 18.2. The Balaban J connectivity index is 1.54. The minimum Gasteiger partial charge on any atom is -0.508 e. The van der Waals surface area contributed by atoms with Crippen molar-refractivity contribution in [1.82, 2.24) is 15.1 Å². The highest BCUT2D eigenvalue weighted by Gasteiger charge is 2.21. The number of fused-ring (bicyclic) bond motifs is 1. The Kier molecular flexibility index (Phi) is 5.99. The van der Waals surface area contributed by atoms with E-state index in [2.05, 4.69) is 26.1 Å². The number of amides is 2. The van der Waals surface area contributed by atoms with E-state index in [1.54, 1.807) is 47.4 Å². The first-order valence-electron chi connectivity index (χ1n) is 10.6. The van der Waals surface area contributed by atoms with Gasteiger partial charge in [-0.3, -0.25) is 20.0 Å². The van der Waals surface area contributed by atoms with Crippen molar-refractivity contribution in [2.45, 2.75) is 20.4 Å². The van der Waals surface area contributed by atoms with Gasteiger partial charge in [0.15, 0.2) is 5.82 Å². The SMILES string of the molecule is CCN(CC)C(=O)Nc1n[nH]c2ccc(Nc3c(NCc4cccc(O)c4)c(=O)c3=O)cc12. The molecular weight excluding hydrogens is 424 g/mol. The van der Waals surface area contributed by atoms with Crippen molar-refractivity contribution < 1.29 is 9.90 Å². The monoisotopic (exact) mass is 448 g/mol. The third-order valence-corrected chi connectivity index (χ3v) is 5.40.